The van der Waals surface area contributed by atoms with Gasteiger partial charge in [0.1, 0.15) is 13.7 Å². The van der Waals surface area contributed by atoms with E-state index in [-0.39, 0.29) is 11.4 Å². The molecule has 0 aliphatic rings. The Morgan fingerprint density at radius 2 is 1.69 bits per heavy atom. The van der Waals surface area contributed by atoms with Crippen LogP contribution in [0.15, 0.2) is 66.7 Å². The summed E-state index contributed by atoms with van der Waals surface area (Å²) in [6, 6.07) is 19.2. The molecule has 0 saturated heterocycles. The van der Waals surface area contributed by atoms with Gasteiger partial charge in [-0.3, -0.25) is 9.98 Å². The van der Waals surface area contributed by atoms with Crippen LogP contribution in [0.4, 0.5) is 4.39 Å². The molecular weight excluding hydrogens is 348 g/mol. The summed E-state index contributed by atoms with van der Waals surface area (Å²) in [6.07, 6.45) is 0. The molecule has 0 aliphatic heterocycles. The third-order valence-corrected chi connectivity index (χ3v) is 4.74. The lowest BCUT2D eigenvalue weighted by atomic mass is 9.96. The smallest absolute Gasteiger partial charge is 0.208 e. The van der Waals surface area contributed by atoms with Crippen molar-refractivity contribution in [1.82, 2.24) is 9.13 Å². The number of aromatic nitrogens is 2. The van der Waals surface area contributed by atoms with E-state index in [0.717, 1.165) is 16.8 Å². The topological polar surface area (TPSA) is 33.7 Å². The van der Waals surface area contributed by atoms with E-state index >= 15 is 0 Å². The molecular formula is C20H14BClFN3. The second-order valence-corrected chi connectivity index (χ2v) is 6.47. The second kappa shape index (κ2) is 6.50. The lowest BCUT2D eigenvalue weighted by Gasteiger charge is -2.07. The van der Waals surface area contributed by atoms with Gasteiger partial charge in [-0.05, 0) is 35.9 Å². The molecule has 1 heterocycles. The predicted molar refractivity (Wildman–Crippen MR) is 103 cm³/mol. The Labute approximate surface area is 156 Å². The van der Waals surface area contributed by atoms with Gasteiger partial charge in [0.05, 0.1) is 17.6 Å². The zero-order chi connectivity index (χ0) is 18.3. The summed E-state index contributed by atoms with van der Waals surface area (Å²) in [4.78, 5) is 0. The van der Waals surface area contributed by atoms with Gasteiger partial charge >= 0.3 is 0 Å². The summed E-state index contributed by atoms with van der Waals surface area (Å²) in [5, 5.41) is 9.32. The van der Waals surface area contributed by atoms with Crippen LogP contribution in [0.3, 0.4) is 0 Å². The van der Waals surface area contributed by atoms with Gasteiger partial charge in [-0.2, -0.15) is 0 Å². The van der Waals surface area contributed by atoms with E-state index in [1.165, 1.54) is 12.1 Å². The fourth-order valence-corrected chi connectivity index (χ4v) is 3.29. The third kappa shape index (κ3) is 2.84. The van der Waals surface area contributed by atoms with Gasteiger partial charge in [-0.1, -0.05) is 47.4 Å². The van der Waals surface area contributed by atoms with Crippen molar-refractivity contribution in [1.29, 1.82) is 5.41 Å². The monoisotopic (exact) mass is 361 g/mol. The lowest BCUT2D eigenvalue weighted by Crippen LogP contribution is -2.24. The maximum atomic E-state index is 13.9. The molecule has 1 aromatic heterocycles. The molecule has 0 unspecified atom stereocenters. The highest BCUT2D eigenvalue weighted by Gasteiger charge is 2.14. The Hall–Kier alpha value is -2.79. The SMILES string of the molecule is [B]c1ccc(-n2c(=N)n(Cc3ccccc3Cl)c3ccc(F)cc32)cc1. The lowest BCUT2D eigenvalue weighted by molar-refractivity contribution is 0.629. The number of rotatable bonds is 3. The molecule has 126 valence electrons. The van der Waals surface area contributed by atoms with Gasteiger partial charge in [-0.15, -0.1) is 0 Å². The molecule has 4 rings (SSSR count). The van der Waals surface area contributed by atoms with E-state index in [4.69, 9.17) is 24.9 Å². The van der Waals surface area contributed by atoms with Crippen LogP contribution in [0.25, 0.3) is 16.7 Å². The van der Waals surface area contributed by atoms with Crippen LogP contribution in [0.1, 0.15) is 5.56 Å². The summed E-state index contributed by atoms with van der Waals surface area (Å²) in [6.45, 7) is 0.419. The van der Waals surface area contributed by atoms with Crippen LogP contribution in [0.5, 0.6) is 0 Å². The molecule has 6 heteroatoms. The molecule has 0 atom stereocenters. The Bertz CT molecular complexity index is 1160. The van der Waals surface area contributed by atoms with Crippen molar-refractivity contribution in [2.45, 2.75) is 6.54 Å². The number of hydrogen-bond acceptors (Lipinski definition) is 1. The average molecular weight is 362 g/mol. The van der Waals surface area contributed by atoms with Crippen LogP contribution >= 0.6 is 11.6 Å². The largest absolute Gasteiger partial charge is 0.306 e. The van der Waals surface area contributed by atoms with E-state index in [9.17, 15) is 4.39 Å². The minimum absolute atomic E-state index is 0.232. The van der Waals surface area contributed by atoms with Gasteiger partial charge in [0.25, 0.3) is 0 Å². The maximum absolute atomic E-state index is 13.9. The Morgan fingerprint density at radius 1 is 0.962 bits per heavy atom. The van der Waals surface area contributed by atoms with Crippen molar-refractivity contribution in [3.63, 3.8) is 0 Å². The average Bonchev–Trinajstić information content (AvgIpc) is 2.89. The van der Waals surface area contributed by atoms with Crippen molar-refractivity contribution in [2.75, 3.05) is 0 Å². The van der Waals surface area contributed by atoms with Crippen LogP contribution in [0, 0.1) is 11.2 Å². The molecule has 2 radical (unpaired) electrons. The van der Waals surface area contributed by atoms with Crippen molar-refractivity contribution in [2.24, 2.45) is 0 Å². The zero-order valence-corrected chi connectivity index (χ0v) is 14.5. The Morgan fingerprint density at radius 3 is 2.42 bits per heavy atom. The number of nitrogens with zero attached hydrogens (tertiary/aromatic N) is 2. The quantitative estimate of drug-likeness (QED) is 0.542. The van der Waals surface area contributed by atoms with E-state index in [2.05, 4.69) is 0 Å². The molecule has 3 nitrogen and oxygen atoms in total. The van der Waals surface area contributed by atoms with Crippen molar-refractivity contribution in [3.8, 4) is 5.69 Å². The second-order valence-electron chi connectivity index (χ2n) is 6.06. The molecule has 0 bridgehead atoms. The highest BCUT2D eigenvalue weighted by molar-refractivity contribution is 6.32. The van der Waals surface area contributed by atoms with E-state index in [1.54, 1.807) is 22.8 Å². The maximum Gasteiger partial charge on any atom is 0.208 e. The molecule has 26 heavy (non-hydrogen) atoms. The zero-order valence-electron chi connectivity index (χ0n) is 13.8. The first-order valence-electron chi connectivity index (χ1n) is 8.09. The van der Waals surface area contributed by atoms with Gasteiger partial charge in [-0.25, -0.2) is 4.39 Å². The van der Waals surface area contributed by atoms with Crippen molar-refractivity contribution in [3.05, 3.63) is 88.8 Å². The van der Waals surface area contributed by atoms with Crippen LogP contribution in [-0.4, -0.2) is 17.0 Å². The molecule has 0 aliphatic carbocycles. The van der Waals surface area contributed by atoms with E-state index in [1.807, 2.05) is 41.0 Å². The summed E-state index contributed by atoms with van der Waals surface area (Å²) in [5.74, 6) is -0.350. The van der Waals surface area contributed by atoms with Crippen LogP contribution in [0.2, 0.25) is 5.02 Å². The minimum Gasteiger partial charge on any atom is -0.306 e. The predicted octanol–water partition coefficient (Wildman–Crippen LogP) is 3.55. The van der Waals surface area contributed by atoms with Crippen molar-refractivity contribution < 1.29 is 4.39 Å². The number of fused-ring (bicyclic) bond motifs is 1. The highest BCUT2D eigenvalue weighted by Crippen LogP contribution is 2.22. The molecule has 1 N–H and O–H groups in total. The first-order valence-corrected chi connectivity index (χ1v) is 8.47. The fraction of sp³-hybridized carbons (Fsp3) is 0.0500. The molecule has 0 saturated carbocycles. The van der Waals surface area contributed by atoms with E-state index < -0.39 is 0 Å². The standard InChI is InChI=1S/C20H14BClFN3/c21-14-5-8-16(9-6-14)26-19-11-15(23)7-10-18(19)25(20(26)24)12-13-3-1-2-4-17(13)22/h1-11,24H,12H2. The van der Waals surface area contributed by atoms with Gasteiger partial charge in [0.2, 0.25) is 5.62 Å². The Kier molecular flexibility index (Phi) is 4.17. The van der Waals surface area contributed by atoms with Crippen molar-refractivity contribution >= 4 is 35.9 Å². The Balaban J connectivity index is 1.97. The number of nitrogens with one attached hydrogen (secondary N) is 1. The number of hydrogen-bond donors (Lipinski definition) is 1. The third-order valence-electron chi connectivity index (χ3n) is 4.37. The molecule has 0 spiro atoms. The molecule has 3 aromatic carbocycles. The first-order chi connectivity index (χ1) is 12.5. The summed E-state index contributed by atoms with van der Waals surface area (Å²) in [5.41, 5.74) is 3.88. The molecule has 0 fully saturated rings. The normalized spacial score (nSPS) is 11.2. The summed E-state index contributed by atoms with van der Waals surface area (Å²) in [7, 11) is 5.77. The first kappa shape index (κ1) is 16.7. The molecule has 4 aromatic rings. The minimum atomic E-state index is -0.350. The molecule has 0 amide bonds. The number of benzene rings is 3. The van der Waals surface area contributed by atoms with Gasteiger partial charge in [0.15, 0.2) is 0 Å². The van der Waals surface area contributed by atoms with E-state index in [0.29, 0.717) is 22.5 Å². The van der Waals surface area contributed by atoms with Gasteiger partial charge in [0, 0.05) is 16.8 Å². The highest BCUT2D eigenvalue weighted by atomic mass is 35.5. The number of halogens is 2. The van der Waals surface area contributed by atoms with Gasteiger partial charge < -0.3 is 4.57 Å². The number of imidazole rings is 1. The van der Waals surface area contributed by atoms with Crippen LogP contribution < -0.4 is 11.1 Å². The van der Waals surface area contributed by atoms with Crippen LogP contribution in [-0.2, 0) is 6.54 Å². The summed E-state index contributed by atoms with van der Waals surface area (Å²) >= 11 is 6.29. The summed E-state index contributed by atoms with van der Waals surface area (Å²) < 4.78 is 17.4. The fourth-order valence-electron chi connectivity index (χ4n) is 3.09.